The summed E-state index contributed by atoms with van der Waals surface area (Å²) in [6.07, 6.45) is 8.81. The average Bonchev–Trinajstić information content (AvgIpc) is 3.36. The number of hydrogen-bond donors (Lipinski definition) is 1. The quantitative estimate of drug-likeness (QED) is 0.735. The van der Waals surface area contributed by atoms with Crippen molar-refractivity contribution in [2.24, 2.45) is 0 Å². The number of aryl methyl sites for hydroxylation is 1. The zero-order valence-corrected chi connectivity index (χ0v) is 16.3. The van der Waals surface area contributed by atoms with Crippen molar-refractivity contribution in [1.29, 1.82) is 0 Å². The number of nitrogens with one attached hydrogen (secondary N) is 1. The molecule has 1 aliphatic heterocycles. The van der Waals surface area contributed by atoms with Crippen molar-refractivity contribution < 1.29 is 9.53 Å². The number of fused-ring (bicyclic) bond motifs is 1. The first-order valence-corrected chi connectivity index (χ1v) is 10.1. The fraction of sp³-hybridized carbons (Fsp3) is 0.364. The summed E-state index contributed by atoms with van der Waals surface area (Å²) in [4.78, 5) is 21.0. The minimum absolute atomic E-state index is 0.0362. The number of carbonyl (C=O) groups excluding carboxylic acids is 1. The van der Waals surface area contributed by atoms with Gasteiger partial charge in [0.25, 0.3) is 5.95 Å². The fourth-order valence-electron chi connectivity index (χ4n) is 4.35. The van der Waals surface area contributed by atoms with E-state index in [-0.39, 0.29) is 11.8 Å². The smallest absolute Gasteiger partial charge is 0.252 e. The lowest BCUT2D eigenvalue weighted by Gasteiger charge is -2.24. The summed E-state index contributed by atoms with van der Waals surface area (Å²) in [5.41, 5.74) is 2.96. The predicted molar refractivity (Wildman–Crippen MR) is 108 cm³/mol. The molecule has 3 heterocycles. The lowest BCUT2D eigenvalue weighted by atomic mass is 9.86. The van der Waals surface area contributed by atoms with Crippen LogP contribution in [0.3, 0.4) is 0 Å². The van der Waals surface area contributed by atoms with Gasteiger partial charge in [-0.25, -0.2) is 9.97 Å². The van der Waals surface area contributed by atoms with Crippen molar-refractivity contribution in [3.63, 3.8) is 0 Å². The third kappa shape index (κ3) is 3.37. The highest BCUT2D eigenvalue weighted by Gasteiger charge is 2.33. The monoisotopic (exact) mass is 389 g/mol. The van der Waals surface area contributed by atoms with Gasteiger partial charge in [0, 0.05) is 30.3 Å². The Labute approximate surface area is 169 Å². The van der Waals surface area contributed by atoms with Crippen LogP contribution in [0.15, 0.2) is 42.7 Å². The second-order valence-electron chi connectivity index (χ2n) is 7.71. The Morgan fingerprint density at radius 2 is 1.83 bits per heavy atom. The van der Waals surface area contributed by atoms with Gasteiger partial charge in [-0.2, -0.15) is 9.78 Å². The first-order valence-electron chi connectivity index (χ1n) is 10.1. The molecule has 5 rings (SSSR count). The summed E-state index contributed by atoms with van der Waals surface area (Å²) in [5, 5.41) is 7.57. The highest BCUT2D eigenvalue weighted by atomic mass is 16.5. The van der Waals surface area contributed by atoms with E-state index in [1.165, 1.54) is 12.8 Å². The summed E-state index contributed by atoms with van der Waals surface area (Å²) in [6, 6.07) is 9.91. The van der Waals surface area contributed by atoms with Crippen LogP contribution in [0, 0.1) is 6.92 Å². The molecular formula is C22H23N5O2. The summed E-state index contributed by atoms with van der Waals surface area (Å²) < 4.78 is 7.70. The number of nitrogens with zero attached hydrogens (tertiary/aromatic N) is 4. The molecule has 1 N–H and O–H groups in total. The molecule has 2 aliphatic rings. The molecule has 7 heteroatoms. The van der Waals surface area contributed by atoms with Crippen LogP contribution < -0.4 is 10.1 Å². The molecule has 29 heavy (non-hydrogen) atoms. The van der Waals surface area contributed by atoms with E-state index in [1.54, 1.807) is 23.1 Å². The van der Waals surface area contributed by atoms with Crippen LogP contribution in [0.5, 0.6) is 5.75 Å². The summed E-state index contributed by atoms with van der Waals surface area (Å²) >= 11 is 0. The second-order valence-corrected chi connectivity index (χ2v) is 7.71. The Morgan fingerprint density at radius 1 is 1.10 bits per heavy atom. The van der Waals surface area contributed by atoms with Crippen LogP contribution in [0.4, 0.5) is 5.82 Å². The Kier molecular flexibility index (Phi) is 4.50. The van der Waals surface area contributed by atoms with Gasteiger partial charge in [0.15, 0.2) is 0 Å². The van der Waals surface area contributed by atoms with Gasteiger partial charge >= 0.3 is 0 Å². The normalized spacial score (nSPS) is 19.1. The van der Waals surface area contributed by atoms with E-state index in [2.05, 4.69) is 32.5 Å². The van der Waals surface area contributed by atoms with Crippen LogP contribution in [0.2, 0.25) is 0 Å². The standard InChI is InChI=1S/C22H23N5O2/c1-14-20-18(15-7-9-17(10-8-15)29-16-5-2-3-6-16)13-19(28)25-21(20)27(26-14)22-23-11-4-12-24-22/h4,7-12,16,18H,2-3,5-6,13H2,1H3,(H,25,28). The lowest BCUT2D eigenvalue weighted by Crippen LogP contribution is -2.25. The molecule has 148 valence electrons. The number of anilines is 1. The van der Waals surface area contributed by atoms with Crippen molar-refractivity contribution in [2.75, 3.05) is 5.32 Å². The molecular weight excluding hydrogens is 366 g/mol. The molecule has 0 saturated heterocycles. The molecule has 1 aromatic carbocycles. The van der Waals surface area contributed by atoms with Crippen molar-refractivity contribution in [3.8, 4) is 11.7 Å². The third-order valence-electron chi connectivity index (χ3n) is 5.73. The van der Waals surface area contributed by atoms with Gasteiger partial charge in [0.05, 0.1) is 11.8 Å². The number of carbonyl (C=O) groups is 1. The molecule has 1 fully saturated rings. The van der Waals surface area contributed by atoms with E-state index in [0.717, 1.165) is 35.4 Å². The minimum atomic E-state index is -0.0586. The van der Waals surface area contributed by atoms with Crippen LogP contribution in [-0.2, 0) is 4.79 Å². The van der Waals surface area contributed by atoms with Crippen LogP contribution in [0.25, 0.3) is 5.95 Å². The van der Waals surface area contributed by atoms with E-state index >= 15 is 0 Å². The maximum Gasteiger partial charge on any atom is 0.252 e. The van der Waals surface area contributed by atoms with Crippen LogP contribution in [-0.4, -0.2) is 31.8 Å². The summed E-state index contributed by atoms with van der Waals surface area (Å²) in [7, 11) is 0. The van der Waals surface area contributed by atoms with E-state index in [9.17, 15) is 4.79 Å². The first kappa shape index (κ1) is 17.8. The Bertz CT molecular complexity index is 1020. The number of ether oxygens (including phenoxy) is 1. The average molecular weight is 389 g/mol. The van der Waals surface area contributed by atoms with Gasteiger partial charge in [-0.15, -0.1) is 0 Å². The number of aromatic nitrogens is 4. The molecule has 1 amide bonds. The van der Waals surface area contributed by atoms with Crippen molar-refractivity contribution in [3.05, 3.63) is 59.5 Å². The molecule has 7 nitrogen and oxygen atoms in total. The third-order valence-corrected chi connectivity index (χ3v) is 5.73. The maximum atomic E-state index is 12.5. The highest BCUT2D eigenvalue weighted by molar-refractivity contribution is 5.95. The van der Waals surface area contributed by atoms with Crippen molar-refractivity contribution in [2.45, 2.75) is 51.0 Å². The number of benzene rings is 1. The maximum absolute atomic E-state index is 12.5. The molecule has 1 atom stereocenters. The Morgan fingerprint density at radius 3 is 2.55 bits per heavy atom. The fourth-order valence-corrected chi connectivity index (χ4v) is 4.35. The van der Waals surface area contributed by atoms with Crippen LogP contribution >= 0.6 is 0 Å². The molecule has 2 aromatic heterocycles. The Hall–Kier alpha value is -3.22. The molecule has 1 aliphatic carbocycles. The predicted octanol–water partition coefficient (Wildman–Crippen LogP) is 3.77. The second kappa shape index (κ2) is 7.31. The minimum Gasteiger partial charge on any atom is -0.490 e. The van der Waals surface area contributed by atoms with Gasteiger partial charge in [-0.3, -0.25) is 4.79 Å². The number of hydrogen-bond acceptors (Lipinski definition) is 5. The zero-order valence-electron chi connectivity index (χ0n) is 16.3. The molecule has 0 spiro atoms. The van der Waals surface area contributed by atoms with Gasteiger partial charge < -0.3 is 10.1 Å². The van der Waals surface area contributed by atoms with Crippen molar-refractivity contribution >= 4 is 11.7 Å². The SMILES string of the molecule is Cc1nn(-c2ncccn2)c2c1C(c1ccc(OC3CCCC3)cc1)CC(=O)N2. The van der Waals surface area contributed by atoms with Gasteiger partial charge in [-0.1, -0.05) is 12.1 Å². The van der Waals surface area contributed by atoms with Gasteiger partial charge in [-0.05, 0) is 56.4 Å². The van der Waals surface area contributed by atoms with E-state index in [1.807, 2.05) is 19.1 Å². The van der Waals surface area contributed by atoms with Crippen molar-refractivity contribution in [1.82, 2.24) is 19.7 Å². The van der Waals surface area contributed by atoms with E-state index < -0.39 is 0 Å². The molecule has 0 bridgehead atoms. The molecule has 0 radical (unpaired) electrons. The molecule has 1 unspecified atom stereocenters. The molecule has 3 aromatic rings. The van der Waals surface area contributed by atoms with E-state index in [0.29, 0.717) is 24.3 Å². The first-order chi connectivity index (χ1) is 14.2. The number of rotatable bonds is 4. The highest BCUT2D eigenvalue weighted by Crippen LogP contribution is 2.40. The zero-order chi connectivity index (χ0) is 19.8. The number of amides is 1. The van der Waals surface area contributed by atoms with Gasteiger partial charge in [0.1, 0.15) is 11.6 Å². The summed E-state index contributed by atoms with van der Waals surface area (Å²) in [6.45, 7) is 1.96. The van der Waals surface area contributed by atoms with Crippen LogP contribution in [0.1, 0.15) is 54.8 Å². The lowest BCUT2D eigenvalue weighted by molar-refractivity contribution is -0.116. The topological polar surface area (TPSA) is 81.9 Å². The largest absolute Gasteiger partial charge is 0.490 e. The van der Waals surface area contributed by atoms with E-state index in [4.69, 9.17) is 4.74 Å². The Balaban J connectivity index is 1.48. The van der Waals surface area contributed by atoms with Gasteiger partial charge in [0.2, 0.25) is 5.91 Å². The molecule has 1 saturated carbocycles. The summed E-state index contributed by atoms with van der Waals surface area (Å²) in [5.74, 6) is 1.90.